The molecule has 0 aliphatic heterocycles. The minimum absolute atomic E-state index is 0.428. The van der Waals surface area contributed by atoms with E-state index >= 15 is 0 Å². The summed E-state index contributed by atoms with van der Waals surface area (Å²) in [5, 5.41) is 0. The van der Waals surface area contributed by atoms with Gasteiger partial charge in [-0.3, -0.25) is 4.98 Å². The Hall–Kier alpha value is -1.77. The monoisotopic (exact) mass is 273 g/mol. The van der Waals surface area contributed by atoms with Crippen LogP contribution in [0, 0.1) is 23.5 Å². The Bertz CT molecular complexity index is 637. The van der Waals surface area contributed by atoms with Gasteiger partial charge in [-0.05, 0) is 48.1 Å². The molecule has 1 nitrogen and oxygen atoms in total. The van der Waals surface area contributed by atoms with Crippen LogP contribution in [0.3, 0.4) is 0 Å². The third-order valence-electron chi connectivity index (χ3n) is 4.10. The molecule has 3 heteroatoms. The summed E-state index contributed by atoms with van der Waals surface area (Å²) in [6.07, 6.45) is 2.86. The van der Waals surface area contributed by atoms with Crippen molar-refractivity contribution in [3.05, 3.63) is 53.9 Å². The fourth-order valence-corrected chi connectivity index (χ4v) is 2.83. The Kier molecular flexibility index (Phi) is 3.28. The van der Waals surface area contributed by atoms with Gasteiger partial charge in [0.25, 0.3) is 0 Å². The van der Waals surface area contributed by atoms with E-state index in [-0.39, 0.29) is 0 Å². The van der Waals surface area contributed by atoms with Crippen molar-refractivity contribution < 1.29 is 8.78 Å². The van der Waals surface area contributed by atoms with Crippen LogP contribution in [0.4, 0.5) is 8.78 Å². The minimum atomic E-state index is -0.553. The van der Waals surface area contributed by atoms with Crippen LogP contribution in [0.5, 0.6) is 0 Å². The van der Waals surface area contributed by atoms with Crippen LogP contribution in [0.2, 0.25) is 0 Å². The maximum absolute atomic E-state index is 13.8. The van der Waals surface area contributed by atoms with Crippen LogP contribution >= 0.6 is 0 Å². The molecule has 1 fully saturated rings. The molecule has 3 rings (SSSR count). The lowest BCUT2D eigenvalue weighted by Crippen LogP contribution is -1.95. The van der Waals surface area contributed by atoms with E-state index in [1.165, 1.54) is 12.1 Å². The van der Waals surface area contributed by atoms with Crippen molar-refractivity contribution in [2.24, 2.45) is 11.8 Å². The number of pyridine rings is 1. The van der Waals surface area contributed by atoms with E-state index in [2.05, 4.69) is 18.8 Å². The van der Waals surface area contributed by atoms with Gasteiger partial charge in [0, 0.05) is 29.4 Å². The Morgan fingerprint density at radius 2 is 1.95 bits per heavy atom. The summed E-state index contributed by atoms with van der Waals surface area (Å²) in [5.74, 6) is 0.725. The highest BCUT2D eigenvalue weighted by Crippen LogP contribution is 2.51. The summed E-state index contributed by atoms with van der Waals surface area (Å²) in [5.41, 5.74) is 2.21. The van der Waals surface area contributed by atoms with Gasteiger partial charge in [-0.15, -0.1) is 0 Å². The Morgan fingerprint density at radius 3 is 2.60 bits per heavy atom. The number of aromatic nitrogens is 1. The van der Waals surface area contributed by atoms with E-state index < -0.39 is 11.6 Å². The molecule has 104 valence electrons. The van der Waals surface area contributed by atoms with Gasteiger partial charge in [0.15, 0.2) is 0 Å². The highest BCUT2D eigenvalue weighted by atomic mass is 19.1. The first-order valence-electron chi connectivity index (χ1n) is 6.97. The van der Waals surface area contributed by atoms with Gasteiger partial charge >= 0.3 is 0 Å². The highest BCUT2D eigenvalue weighted by molar-refractivity contribution is 5.64. The van der Waals surface area contributed by atoms with Crippen molar-refractivity contribution in [3.63, 3.8) is 0 Å². The lowest BCUT2D eigenvalue weighted by molar-refractivity contribution is 0.546. The van der Waals surface area contributed by atoms with Crippen molar-refractivity contribution in [2.75, 3.05) is 0 Å². The standard InChI is InChI=1S/C17H17F2N/c1-10(2)14-9-15(14)17-7-11(5-6-20-17)13-4-3-12(18)8-16(13)19/h3-8,10,14-15H,9H2,1-2H3/t14-,15+/m1/s1. The van der Waals surface area contributed by atoms with Crippen LogP contribution in [-0.4, -0.2) is 4.98 Å². The molecule has 0 radical (unpaired) electrons. The topological polar surface area (TPSA) is 12.9 Å². The molecule has 0 unspecified atom stereocenters. The van der Waals surface area contributed by atoms with Crippen molar-refractivity contribution in [1.82, 2.24) is 4.98 Å². The number of rotatable bonds is 3. The number of hydrogen-bond acceptors (Lipinski definition) is 1. The molecule has 20 heavy (non-hydrogen) atoms. The number of halogens is 2. The molecule has 2 aromatic rings. The molecule has 1 aromatic heterocycles. The lowest BCUT2D eigenvalue weighted by Gasteiger charge is -2.07. The lowest BCUT2D eigenvalue weighted by atomic mass is 10.0. The van der Waals surface area contributed by atoms with Crippen molar-refractivity contribution in [1.29, 1.82) is 0 Å². The molecule has 1 aliphatic carbocycles. The van der Waals surface area contributed by atoms with Gasteiger partial charge in [-0.25, -0.2) is 8.78 Å². The van der Waals surface area contributed by atoms with Crippen molar-refractivity contribution >= 4 is 0 Å². The van der Waals surface area contributed by atoms with Crippen LogP contribution in [0.1, 0.15) is 31.9 Å². The zero-order chi connectivity index (χ0) is 14.3. The Morgan fingerprint density at radius 1 is 1.15 bits per heavy atom. The SMILES string of the molecule is CC(C)[C@H]1C[C@@H]1c1cc(-c2ccc(F)cc2F)ccn1. The van der Waals surface area contributed by atoms with Gasteiger partial charge in [0.2, 0.25) is 0 Å². The zero-order valence-corrected chi connectivity index (χ0v) is 11.6. The fraction of sp³-hybridized carbons (Fsp3) is 0.353. The third-order valence-corrected chi connectivity index (χ3v) is 4.10. The maximum Gasteiger partial charge on any atom is 0.133 e. The average Bonchev–Trinajstić information content (AvgIpc) is 3.19. The summed E-state index contributed by atoms with van der Waals surface area (Å²) in [4.78, 5) is 4.41. The summed E-state index contributed by atoms with van der Waals surface area (Å²) < 4.78 is 26.8. The van der Waals surface area contributed by atoms with Crippen LogP contribution < -0.4 is 0 Å². The molecule has 0 amide bonds. The summed E-state index contributed by atoms with van der Waals surface area (Å²) in [6, 6.07) is 7.39. The third kappa shape index (κ3) is 2.45. The summed E-state index contributed by atoms with van der Waals surface area (Å²) in [6.45, 7) is 4.43. The van der Waals surface area contributed by atoms with Gasteiger partial charge in [-0.1, -0.05) is 13.8 Å². The van der Waals surface area contributed by atoms with Crippen molar-refractivity contribution in [3.8, 4) is 11.1 Å². The number of hydrogen-bond donors (Lipinski definition) is 0. The maximum atomic E-state index is 13.8. The second kappa shape index (κ2) is 4.97. The first kappa shape index (κ1) is 13.2. The van der Waals surface area contributed by atoms with Crippen LogP contribution in [0.15, 0.2) is 36.5 Å². The van der Waals surface area contributed by atoms with E-state index in [0.717, 1.165) is 23.7 Å². The highest BCUT2D eigenvalue weighted by Gasteiger charge is 2.41. The Labute approximate surface area is 117 Å². The normalized spacial score (nSPS) is 21.2. The predicted molar refractivity (Wildman–Crippen MR) is 75.3 cm³/mol. The fourth-order valence-electron chi connectivity index (χ4n) is 2.83. The van der Waals surface area contributed by atoms with Crippen LogP contribution in [0.25, 0.3) is 11.1 Å². The van der Waals surface area contributed by atoms with E-state index in [1.54, 1.807) is 12.3 Å². The molecule has 1 heterocycles. The minimum Gasteiger partial charge on any atom is -0.261 e. The van der Waals surface area contributed by atoms with Crippen LogP contribution in [-0.2, 0) is 0 Å². The second-order valence-electron chi connectivity index (χ2n) is 5.84. The second-order valence-corrected chi connectivity index (χ2v) is 5.84. The molecular formula is C17H17F2N. The first-order valence-corrected chi connectivity index (χ1v) is 6.97. The molecular weight excluding hydrogens is 256 g/mol. The van der Waals surface area contributed by atoms with E-state index in [4.69, 9.17) is 0 Å². The molecule has 1 saturated carbocycles. The van der Waals surface area contributed by atoms with Gasteiger partial charge < -0.3 is 0 Å². The smallest absolute Gasteiger partial charge is 0.133 e. The largest absolute Gasteiger partial charge is 0.261 e. The number of benzene rings is 1. The average molecular weight is 273 g/mol. The molecule has 0 N–H and O–H groups in total. The molecule has 2 atom stereocenters. The Balaban J connectivity index is 1.92. The van der Waals surface area contributed by atoms with E-state index in [0.29, 0.717) is 23.3 Å². The molecule has 0 spiro atoms. The van der Waals surface area contributed by atoms with E-state index in [1.807, 2.05) is 6.07 Å². The summed E-state index contributed by atoms with van der Waals surface area (Å²) in [7, 11) is 0. The quantitative estimate of drug-likeness (QED) is 0.783. The van der Waals surface area contributed by atoms with Gasteiger partial charge in [0.05, 0.1) is 0 Å². The predicted octanol–water partition coefficient (Wildman–Crippen LogP) is 4.79. The van der Waals surface area contributed by atoms with Gasteiger partial charge in [0.1, 0.15) is 11.6 Å². The first-order chi connectivity index (χ1) is 9.56. The molecule has 0 saturated heterocycles. The van der Waals surface area contributed by atoms with E-state index in [9.17, 15) is 8.78 Å². The molecule has 1 aliphatic rings. The van der Waals surface area contributed by atoms with Crippen molar-refractivity contribution in [2.45, 2.75) is 26.2 Å². The number of nitrogens with zero attached hydrogens (tertiary/aromatic N) is 1. The molecule has 0 bridgehead atoms. The van der Waals surface area contributed by atoms with Gasteiger partial charge in [-0.2, -0.15) is 0 Å². The zero-order valence-electron chi connectivity index (χ0n) is 11.6. The summed E-state index contributed by atoms with van der Waals surface area (Å²) >= 11 is 0. The molecule has 1 aromatic carbocycles.